The summed E-state index contributed by atoms with van der Waals surface area (Å²) in [6.07, 6.45) is 2.53. The number of carbonyl (C=O) groups is 1. The molecule has 18 heavy (non-hydrogen) atoms. The molecule has 3 heteroatoms. The molecule has 1 fully saturated rings. The predicted octanol–water partition coefficient (Wildman–Crippen LogP) is 2.41. The van der Waals surface area contributed by atoms with Crippen molar-refractivity contribution in [2.24, 2.45) is 5.92 Å². The molecule has 1 saturated heterocycles. The molecule has 0 aliphatic carbocycles. The van der Waals surface area contributed by atoms with Gasteiger partial charge in [0.05, 0.1) is 6.42 Å². The second-order valence-electron chi connectivity index (χ2n) is 5.16. The lowest BCUT2D eigenvalue weighted by atomic mass is 9.93. The highest BCUT2D eigenvalue weighted by Crippen LogP contribution is 2.27. The molecule has 0 unspecified atom stereocenters. The zero-order chi connectivity index (χ0) is 13.0. The molecule has 1 heterocycles. The maximum Gasteiger partial charge on any atom is 0.304 e. The molecular weight excluding hydrogens is 226 g/mol. The van der Waals surface area contributed by atoms with Crippen molar-refractivity contribution in [2.75, 3.05) is 13.1 Å². The van der Waals surface area contributed by atoms with Gasteiger partial charge in [-0.1, -0.05) is 30.3 Å². The number of aliphatic carboxylic acids is 1. The van der Waals surface area contributed by atoms with Crippen LogP contribution < -0.4 is 0 Å². The fourth-order valence-corrected chi connectivity index (χ4v) is 2.82. The smallest absolute Gasteiger partial charge is 0.304 e. The Labute approximate surface area is 108 Å². The molecule has 0 aromatic heterocycles. The van der Waals surface area contributed by atoms with Gasteiger partial charge in [0.15, 0.2) is 0 Å². The molecule has 1 aliphatic rings. The highest BCUT2D eigenvalue weighted by Gasteiger charge is 2.30. The summed E-state index contributed by atoms with van der Waals surface area (Å²) in [6, 6.07) is 11.0. The van der Waals surface area contributed by atoms with Crippen molar-refractivity contribution in [2.45, 2.75) is 32.2 Å². The van der Waals surface area contributed by atoms with E-state index in [0.29, 0.717) is 18.5 Å². The van der Waals surface area contributed by atoms with E-state index in [1.807, 2.05) is 6.07 Å². The summed E-state index contributed by atoms with van der Waals surface area (Å²) in [6.45, 7) is 3.94. The minimum Gasteiger partial charge on any atom is -0.481 e. The van der Waals surface area contributed by atoms with Gasteiger partial charge in [-0.25, -0.2) is 0 Å². The molecule has 98 valence electrons. The Morgan fingerprint density at radius 1 is 1.39 bits per heavy atom. The fraction of sp³-hybridized carbons (Fsp3) is 0.533. The molecule has 0 saturated carbocycles. The van der Waals surface area contributed by atoms with Gasteiger partial charge in [0, 0.05) is 12.6 Å². The zero-order valence-electron chi connectivity index (χ0n) is 10.9. The molecule has 2 rings (SSSR count). The van der Waals surface area contributed by atoms with Crippen molar-refractivity contribution in [3.8, 4) is 0 Å². The predicted molar refractivity (Wildman–Crippen MR) is 71.5 cm³/mol. The van der Waals surface area contributed by atoms with E-state index < -0.39 is 5.97 Å². The zero-order valence-corrected chi connectivity index (χ0v) is 10.9. The summed E-state index contributed by atoms with van der Waals surface area (Å²) in [5, 5.41) is 8.73. The monoisotopic (exact) mass is 247 g/mol. The quantitative estimate of drug-likeness (QED) is 0.868. The van der Waals surface area contributed by atoms with Gasteiger partial charge in [-0.2, -0.15) is 0 Å². The van der Waals surface area contributed by atoms with Gasteiger partial charge in [0.25, 0.3) is 0 Å². The second-order valence-corrected chi connectivity index (χ2v) is 5.16. The van der Waals surface area contributed by atoms with Crippen molar-refractivity contribution in [3.05, 3.63) is 35.9 Å². The van der Waals surface area contributed by atoms with Crippen LogP contribution >= 0.6 is 0 Å². The summed E-state index contributed by atoms with van der Waals surface area (Å²) >= 11 is 0. The number of carboxylic acids is 1. The van der Waals surface area contributed by atoms with Gasteiger partial charge >= 0.3 is 5.97 Å². The van der Waals surface area contributed by atoms with Crippen LogP contribution in [0.4, 0.5) is 0 Å². The molecule has 0 radical (unpaired) electrons. The van der Waals surface area contributed by atoms with Crippen LogP contribution in [0.5, 0.6) is 0 Å². The van der Waals surface area contributed by atoms with Crippen LogP contribution in [0.2, 0.25) is 0 Å². The Morgan fingerprint density at radius 3 is 2.78 bits per heavy atom. The number of hydrogen-bond donors (Lipinski definition) is 1. The largest absolute Gasteiger partial charge is 0.481 e. The van der Waals surface area contributed by atoms with Crippen LogP contribution in [0.25, 0.3) is 0 Å². The molecule has 1 aliphatic heterocycles. The van der Waals surface area contributed by atoms with Crippen LogP contribution in [-0.2, 0) is 11.2 Å². The summed E-state index contributed by atoms with van der Waals surface area (Å²) in [4.78, 5) is 12.9. The molecule has 0 bridgehead atoms. The summed E-state index contributed by atoms with van der Waals surface area (Å²) in [5.74, 6) is -0.0464. The lowest BCUT2D eigenvalue weighted by Crippen LogP contribution is -2.32. The maximum absolute atomic E-state index is 10.6. The van der Waals surface area contributed by atoms with E-state index in [2.05, 4.69) is 36.1 Å². The first kappa shape index (κ1) is 13.1. The topological polar surface area (TPSA) is 40.5 Å². The van der Waals surface area contributed by atoms with Gasteiger partial charge in [0.2, 0.25) is 0 Å². The van der Waals surface area contributed by atoms with Gasteiger partial charge in [-0.15, -0.1) is 0 Å². The Morgan fingerprint density at radius 2 is 2.11 bits per heavy atom. The van der Waals surface area contributed by atoms with Crippen molar-refractivity contribution < 1.29 is 9.90 Å². The van der Waals surface area contributed by atoms with Crippen molar-refractivity contribution in [1.82, 2.24) is 4.90 Å². The van der Waals surface area contributed by atoms with E-state index in [-0.39, 0.29) is 6.42 Å². The lowest BCUT2D eigenvalue weighted by Gasteiger charge is -2.24. The minimum absolute atomic E-state index is 0.252. The van der Waals surface area contributed by atoms with Gasteiger partial charge in [-0.3, -0.25) is 9.69 Å². The highest BCUT2D eigenvalue weighted by molar-refractivity contribution is 5.66. The molecular formula is C15H21NO2. The maximum atomic E-state index is 10.6. The van der Waals surface area contributed by atoms with Crippen molar-refractivity contribution in [3.63, 3.8) is 0 Å². The van der Waals surface area contributed by atoms with E-state index in [9.17, 15) is 4.79 Å². The Hall–Kier alpha value is -1.35. The van der Waals surface area contributed by atoms with Crippen LogP contribution in [-0.4, -0.2) is 35.1 Å². The highest BCUT2D eigenvalue weighted by atomic mass is 16.4. The normalized spacial score (nSPS) is 24.3. The molecule has 3 nitrogen and oxygen atoms in total. The molecule has 1 N–H and O–H groups in total. The Bertz CT molecular complexity index is 391. The third-order valence-electron chi connectivity index (χ3n) is 4.00. The van der Waals surface area contributed by atoms with E-state index in [4.69, 9.17) is 5.11 Å². The number of benzene rings is 1. The first-order chi connectivity index (χ1) is 8.66. The van der Waals surface area contributed by atoms with Crippen LogP contribution in [0, 0.1) is 5.92 Å². The van der Waals surface area contributed by atoms with Gasteiger partial charge in [0.1, 0.15) is 0 Å². The first-order valence-corrected chi connectivity index (χ1v) is 6.66. The van der Waals surface area contributed by atoms with E-state index in [1.54, 1.807) is 0 Å². The Kier molecular flexibility index (Phi) is 4.37. The summed E-state index contributed by atoms with van der Waals surface area (Å²) in [7, 11) is 0. The lowest BCUT2D eigenvalue weighted by molar-refractivity contribution is -0.137. The summed E-state index contributed by atoms with van der Waals surface area (Å²) < 4.78 is 0. The number of nitrogens with zero attached hydrogens (tertiary/aromatic N) is 1. The number of hydrogen-bond acceptors (Lipinski definition) is 2. The number of likely N-dealkylation sites (tertiary alicyclic amines) is 1. The molecule has 0 spiro atoms. The van der Waals surface area contributed by atoms with Crippen LogP contribution in [0.1, 0.15) is 25.3 Å². The standard InChI is InChI=1S/C15H21NO2/c1-12-14(11-13-5-3-2-4-6-13)7-9-16(12)10-8-15(17)18/h2-6,12,14H,7-11H2,1H3,(H,17,18)/t12-,14-/m0/s1. The molecule has 1 aromatic rings. The van der Waals surface area contributed by atoms with E-state index in [0.717, 1.165) is 13.0 Å². The number of carboxylic acid groups (broad SMARTS) is 1. The minimum atomic E-state index is -0.700. The number of rotatable bonds is 5. The average molecular weight is 247 g/mol. The van der Waals surface area contributed by atoms with Gasteiger partial charge in [-0.05, 0) is 37.8 Å². The third-order valence-corrected chi connectivity index (χ3v) is 4.00. The van der Waals surface area contributed by atoms with Crippen molar-refractivity contribution >= 4 is 5.97 Å². The van der Waals surface area contributed by atoms with Gasteiger partial charge < -0.3 is 5.11 Å². The van der Waals surface area contributed by atoms with Crippen LogP contribution in [0.3, 0.4) is 0 Å². The molecule has 0 amide bonds. The van der Waals surface area contributed by atoms with Crippen LogP contribution in [0.15, 0.2) is 30.3 Å². The van der Waals surface area contributed by atoms with Crippen molar-refractivity contribution in [1.29, 1.82) is 0 Å². The third kappa shape index (κ3) is 3.33. The average Bonchev–Trinajstić information content (AvgIpc) is 2.70. The second kappa shape index (κ2) is 6.01. The molecule has 1 aromatic carbocycles. The summed E-state index contributed by atoms with van der Waals surface area (Å²) in [5.41, 5.74) is 1.38. The Balaban J connectivity index is 1.87. The first-order valence-electron chi connectivity index (χ1n) is 6.66. The van der Waals surface area contributed by atoms with E-state index in [1.165, 1.54) is 12.0 Å². The fourth-order valence-electron chi connectivity index (χ4n) is 2.82. The SMILES string of the molecule is C[C@H]1[C@H](Cc2ccccc2)CCN1CCC(=O)O. The van der Waals surface area contributed by atoms with E-state index >= 15 is 0 Å². The molecule has 2 atom stereocenters.